The fraction of sp³-hybridized carbons (Fsp3) is 0.154. The van der Waals surface area contributed by atoms with E-state index in [4.69, 9.17) is 12.2 Å². The lowest BCUT2D eigenvalue weighted by Gasteiger charge is -2.07. The maximum absolute atomic E-state index is 11.8. The van der Waals surface area contributed by atoms with Crippen LogP contribution in [0.25, 0.3) is 11.2 Å². The van der Waals surface area contributed by atoms with E-state index >= 15 is 0 Å². The summed E-state index contributed by atoms with van der Waals surface area (Å²) in [7, 11) is 0. The van der Waals surface area contributed by atoms with Crippen molar-refractivity contribution in [2.45, 2.75) is 13.5 Å². The standard InChI is InChI=1S/C13H12N4OS/c1-8-14-10-11(15-8)17(13(19)16-12(10)18)7-9-5-3-2-4-6-9/h2-6H,7H2,1H3,(H,14,15)(H,16,18,19). The fourth-order valence-electron chi connectivity index (χ4n) is 2.07. The highest BCUT2D eigenvalue weighted by atomic mass is 32.1. The summed E-state index contributed by atoms with van der Waals surface area (Å²) in [6, 6.07) is 9.93. The minimum absolute atomic E-state index is 0.232. The van der Waals surface area contributed by atoms with Crippen LogP contribution in [-0.2, 0) is 6.54 Å². The molecule has 0 radical (unpaired) electrons. The van der Waals surface area contributed by atoms with Crippen LogP contribution < -0.4 is 5.56 Å². The maximum atomic E-state index is 11.8. The average Bonchev–Trinajstić information content (AvgIpc) is 2.78. The molecular formula is C13H12N4OS. The Morgan fingerprint density at radius 2 is 2.00 bits per heavy atom. The number of hydrogen-bond acceptors (Lipinski definition) is 3. The van der Waals surface area contributed by atoms with Crippen molar-refractivity contribution in [3.8, 4) is 0 Å². The minimum atomic E-state index is -0.232. The van der Waals surface area contributed by atoms with Crippen molar-refractivity contribution in [1.82, 2.24) is 19.5 Å². The minimum Gasteiger partial charge on any atom is -0.336 e. The molecule has 3 aromatic rings. The molecule has 96 valence electrons. The number of aromatic nitrogens is 4. The first kappa shape index (κ1) is 11.9. The van der Waals surface area contributed by atoms with Gasteiger partial charge < -0.3 is 4.98 Å². The number of benzene rings is 1. The lowest BCUT2D eigenvalue weighted by Crippen LogP contribution is -2.15. The second-order valence-corrected chi connectivity index (χ2v) is 4.74. The molecular weight excluding hydrogens is 260 g/mol. The highest BCUT2D eigenvalue weighted by molar-refractivity contribution is 7.71. The van der Waals surface area contributed by atoms with E-state index in [2.05, 4.69) is 15.0 Å². The van der Waals surface area contributed by atoms with Crippen LogP contribution in [0.1, 0.15) is 11.4 Å². The Hall–Kier alpha value is -2.21. The van der Waals surface area contributed by atoms with E-state index < -0.39 is 0 Å². The Balaban J connectivity index is 2.23. The van der Waals surface area contributed by atoms with Crippen LogP contribution in [0.2, 0.25) is 0 Å². The molecule has 0 amide bonds. The molecule has 0 saturated heterocycles. The third kappa shape index (κ3) is 2.10. The zero-order valence-electron chi connectivity index (χ0n) is 10.3. The maximum Gasteiger partial charge on any atom is 0.277 e. The van der Waals surface area contributed by atoms with Crippen LogP contribution in [0, 0.1) is 11.7 Å². The molecule has 2 heterocycles. The Morgan fingerprint density at radius 3 is 2.74 bits per heavy atom. The zero-order chi connectivity index (χ0) is 13.4. The quantitative estimate of drug-likeness (QED) is 0.702. The fourth-order valence-corrected chi connectivity index (χ4v) is 2.31. The SMILES string of the molecule is Cc1nc2c([nH]1)c(=O)[nH]c(=S)n2Cc1ccccc1. The molecule has 0 aliphatic carbocycles. The number of aryl methyl sites for hydroxylation is 1. The number of H-pyrrole nitrogens is 2. The third-order valence-corrected chi connectivity index (χ3v) is 3.26. The van der Waals surface area contributed by atoms with Crippen molar-refractivity contribution in [1.29, 1.82) is 0 Å². The lowest BCUT2D eigenvalue weighted by atomic mass is 10.2. The summed E-state index contributed by atoms with van der Waals surface area (Å²) in [5.74, 6) is 0.697. The lowest BCUT2D eigenvalue weighted by molar-refractivity contribution is 0.773. The Labute approximate surface area is 113 Å². The van der Waals surface area contributed by atoms with Crippen molar-refractivity contribution in [3.05, 3.63) is 56.8 Å². The molecule has 0 aliphatic rings. The molecule has 6 heteroatoms. The first-order valence-corrected chi connectivity index (χ1v) is 6.29. The Kier molecular flexibility index (Phi) is 2.79. The summed E-state index contributed by atoms with van der Waals surface area (Å²) in [4.78, 5) is 21.8. The van der Waals surface area contributed by atoms with Crippen LogP contribution >= 0.6 is 12.2 Å². The summed E-state index contributed by atoms with van der Waals surface area (Å²) in [6.45, 7) is 2.40. The number of nitrogens with one attached hydrogen (secondary N) is 2. The number of hydrogen-bond donors (Lipinski definition) is 2. The Bertz CT molecular complexity index is 844. The van der Waals surface area contributed by atoms with Crippen LogP contribution in [0.15, 0.2) is 35.1 Å². The normalized spacial score (nSPS) is 11.0. The van der Waals surface area contributed by atoms with Crippen molar-refractivity contribution in [2.75, 3.05) is 0 Å². The smallest absolute Gasteiger partial charge is 0.277 e. The van der Waals surface area contributed by atoms with E-state index in [9.17, 15) is 4.79 Å². The molecule has 19 heavy (non-hydrogen) atoms. The molecule has 0 unspecified atom stereocenters. The number of fused-ring (bicyclic) bond motifs is 1. The van der Waals surface area contributed by atoms with Gasteiger partial charge in [-0.25, -0.2) is 4.98 Å². The summed E-state index contributed by atoms with van der Waals surface area (Å²) in [5, 5.41) is 0. The van der Waals surface area contributed by atoms with Gasteiger partial charge in [-0.05, 0) is 24.7 Å². The van der Waals surface area contributed by atoms with E-state index in [1.807, 2.05) is 41.8 Å². The van der Waals surface area contributed by atoms with Crippen molar-refractivity contribution in [3.63, 3.8) is 0 Å². The van der Waals surface area contributed by atoms with Gasteiger partial charge in [0.2, 0.25) is 0 Å². The molecule has 0 atom stereocenters. The van der Waals surface area contributed by atoms with Crippen molar-refractivity contribution >= 4 is 23.4 Å². The summed E-state index contributed by atoms with van der Waals surface area (Å²) in [5.41, 5.74) is 1.93. The largest absolute Gasteiger partial charge is 0.336 e. The van der Waals surface area contributed by atoms with Gasteiger partial charge >= 0.3 is 0 Å². The first-order valence-electron chi connectivity index (χ1n) is 5.88. The molecule has 2 aromatic heterocycles. The highest BCUT2D eigenvalue weighted by Crippen LogP contribution is 2.10. The van der Waals surface area contributed by atoms with Gasteiger partial charge in [-0.3, -0.25) is 14.3 Å². The van der Waals surface area contributed by atoms with Crippen LogP contribution in [0.4, 0.5) is 0 Å². The second kappa shape index (κ2) is 4.47. The molecule has 0 fully saturated rings. The number of aromatic amines is 2. The van der Waals surface area contributed by atoms with Gasteiger partial charge in [0.1, 0.15) is 11.3 Å². The molecule has 3 rings (SSSR count). The molecule has 0 spiro atoms. The number of nitrogens with zero attached hydrogens (tertiary/aromatic N) is 2. The van der Waals surface area contributed by atoms with Gasteiger partial charge in [0.15, 0.2) is 10.4 Å². The molecule has 0 bridgehead atoms. The topological polar surface area (TPSA) is 66.5 Å². The van der Waals surface area contributed by atoms with Gasteiger partial charge in [-0.1, -0.05) is 30.3 Å². The summed E-state index contributed by atoms with van der Waals surface area (Å²) in [6.07, 6.45) is 0. The molecule has 2 N–H and O–H groups in total. The van der Waals surface area contributed by atoms with Gasteiger partial charge in [-0.15, -0.1) is 0 Å². The monoisotopic (exact) mass is 272 g/mol. The van der Waals surface area contributed by atoms with Gasteiger partial charge in [0.05, 0.1) is 6.54 Å². The number of rotatable bonds is 2. The molecule has 5 nitrogen and oxygen atoms in total. The predicted molar refractivity (Wildman–Crippen MR) is 75.8 cm³/mol. The highest BCUT2D eigenvalue weighted by Gasteiger charge is 2.09. The Morgan fingerprint density at radius 1 is 1.26 bits per heavy atom. The van der Waals surface area contributed by atoms with Crippen LogP contribution in [-0.4, -0.2) is 19.5 Å². The summed E-state index contributed by atoms with van der Waals surface area (Å²) >= 11 is 5.23. The van der Waals surface area contributed by atoms with E-state index in [0.29, 0.717) is 28.3 Å². The van der Waals surface area contributed by atoms with Crippen molar-refractivity contribution in [2.24, 2.45) is 0 Å². The first-order chi connectivity index (χ1) is 9.15. The average molecular weight is 272 g/mol. The summed E-state index contributed by atoms with van der Waals surface area (Å²) < 4.78 is 2.21. The zero-order valence-corrected chi connectivity index (χ0v) is 11.1. The molecule has 0 saturated carbocycles. The van der Waals surface area contributed by atoms with E-state index in [-0.39, 0.29) is 5.56 Å². The van der Waals surface area contributed by atoms with Crippen LogP contribution in [0.3, 0.4) is 0 Å². The van der Waals surface area contributed by atoms with Gasteiger partial charge in [0.25, 0.3) is 5.56 Å². The van der Waals surface area contributed by atoms with E-state index in [1.165, 1.54) is 0 Å². The molecule has 0 aliphatic heterocycles. The number of imidazole rings is 1. The van der Waals surface area contributed by atoms with Gasteiger partial charge in [-0.2, -0.15) is 0 Å². The second-order valence-electron chi connectivity index (χ2n) is 4.35. The van der Waals surface area contributed by atoms with E-state index in [0.717, 1.165) is 5.56 Å². The molecule has 1 aromatic carbocycles. The predicted octanol–water partition coefficient (Wildman–Crippen LogP) is 2.14. The van der Waals surface area contributed by atoms with E-state index in [1.54, 1.807) is 0 Å². The van der Waals surface area contributed by atoms with Crippen LogP contribution in [0.5, 0.6) is 0 Å². The van der Waals surface area contributed by atoms with Crippen molar-refractivity contribution < 1.29 is 0 Å². The third-order valence-electron chi connectivity index (χ3n) is 2.93. The van der Waals surface area contributed by atoms with Gasteiger partial charge in [0, 0.05) is 0 Å².